The molecule has 4 amide bonds. The summed E-state index contributed by atoms with van der Waals surface area (Å²) in [4.78, 5) is 61.3. The molecule has 7 rings (SSSR count). The number of carbonyl (C=O) groups excluding carboxylic acids is 4. The number of aryl methyl sites for hydroxylation is 4. The SMILES string of the molecule is Cc1ccc(C)c(C(=O)N2CCCC2C(=O)Nc2ccc(-c3cnc(-c4ccc(NC(=O)C5CCCN5C(=O)c5cc(C)ccc5C)cc4)o3)cc2)c1. The molecule has 3 heterocycles. The lowest BCUT2D eigenvalue weighted by Gasteiger charge is -2.25. The van der Waals surface area contributed by atoms with Crippen LogP contribution in [0.3, 0.4) is 0 Å². The zero-order valence-corrected chi connectivity index (χ0v) is 30.4. The van der Waals surface area contributed by atoms with Gasteiger partial charge in [0.1, 0.15) is 12.1 Å². The average molecular weight is 710 g/mol. The smallest absolute Gasteiger partial charge is 0.254 e. The molecule has 2 atom stereocenters. The quantitative estimate of drug-likeness (QED) is 0.170. The highest BCUT2D eigenvalue weighted by molar-refractivity contribution is 6.03. The number of carbonyl (C=O) groups is 4. The van der Waals surface area contributed by atoms with E-state index in [1.165, 1.54) is 0 Å². The van der Waals surface area contributed by atoms with Crippen molar-refractivity contribution in [3.63, 3.8) is 0 Å². The number of benzene rings is 4. The van der Waals surface area contributed by atoms with Gasteiger partial charge in [0.05, 0.1) is 6.20 Å². The Morgan fingerprint density at radius 1 is 0.623 bits per heavy atom. The Kier molecular flexibility index (Phi) is 9.95. The van der Waals surface area contributed by atoms with E-state index in [0.29, 0.717) is 60.1 Å². The van der Waals surface area contributed by atoms with Crippen molar-refractivity contribution in [2.24, 2.45) is 0 Å². The summed E-state index contributed by atoms with van der Waals surface area (Å²) in [7, 11) is 0. The summed E-state index contributed by atoms with van der Waals surface area (Å²) in [5.74, 6) is 0.339. The van der Waals surface area contributed by atoms with Crippen molar-refractivity contribution < 1.29 is 23.6 Å². The highest BCUT2D eigenvalue weighted by Crippen LogP contribution is 2.30. The summed E-state index contributed by atoms with van der Waals surface area (Å²) in [6.07, 6.45) is 4.42. The van der Waals surface area contributed by atoms with E-state index in [4.69, 9.17) is 4.42 Å². The van der Waals surface area contributed by atoms with Gasteiger partial charge in [-0.25, -0.2) is 4.98 Å². The molecule has 2 fully saturated rings. The van der Waals surface area contributed by atoms with Crippen LogP contribution in [0, 0.1) is 27.7 Å². The van der Waals surface area contributed by atoms with Gasteiger partial charge < -0.3 is 24.9 Å². The van der Waals surface area contributed by atoms with Gasteiger partial charge in [-0.1, -0.05) is 35.4 Å². The second-order valence-corrected chi connectivity index (χ2v) is 14.1. The number of anilines is 2. The third kappa shape index (κ3) is 7.48. The normalized spacial score (nSPS) is 16.8. The zero-order chi connectivity index (χ0) is 37.2. The Morgan fingerprint density at radius 3 is 1.55 bits per heavy atom. The van der Waals surface area contributed by atoms with Crippen LogP contribution in [0.2, 0.25) is 0 Å². The molecule has 53 heavy (non-hydrogen) atoms. The van der Waals surface area contributed by atoms with E-state index in [-0.39, 0.29) is 23.6 Å². The van der Waals surface area contributed by atoms with Crippen molar-refractivity contribution in [2.75, 3.05) is 23.7 Å². The number of nitrogens with zero attached hydrogens (tertiary/aromatic N) is 3. The lowest BCUT2D eigenvalue weighted by molar-refractivity contribution is -0.120. The van der Waals surface area contributed by atoms with Crippen molar-refractivity contribution in [1.82, 2.24) is 14.8 Å². The highest BCUT2D eigenvalue weighted by Gasteiger charge is 2.36. The number of nitrogens with one attached hydrogen (secondary N) is 2. The Bertz CT molecular complexity index is 2040. The molecule has 1 aromatic heterocycles. The molecule has 10 heteroatoms. The fraction of sp³-hybridized carbons (Fsp3) is 0.279. The van der Waals surface area contributed by atoms with Gasteiger partial charge in [0, 0.05) is 46.7 Å². The Labute approximate surface area is 309 Å². The predicted octanol–water partition coefficient (Wildman–Crippen LogP) is 7.73. The number of amides is 4. The molecule has 2 aliphatic heterocycles. The molecule has 10 nitrogen and oxygen atoms in total. The number of oxazole rings is 1. The Balaban J connectivity index is 0.957. The van der Waals surface area contributed by atoms with Crippen molar-refractivity contribution >= 4 is 35.0 Å². The zero-order valence-electron chi connectivity index (χ0n) is 30.4. The monoisotopic (exact) mass is 709 g/mol. The van der Waals surface area contributed by atoms with Gasteiger partial charge in [0.2, 0.25) is 17.7 Å². The maximum absolute atomic E-state index is 13.4. The highest BCUT2D eigenvalue weighted by atomic mass is 16.4. The minimum Gasteiger partial charge on any atom is -0.436 e. The minimum absolute atomic E-state index is 0.113. The number of rotatable bonds is 8. The topological polar surface area (TPSA) is 125 Å². The van der Waals surface area contributed by atoms with Crippen LogP contribution >= 0.6 is 0 Å². The first-order valence-electron chi connectivity index (χ1n) is 18.1. The largest absolute Gasteiger partial charge is 0.436 e. The van der Waals surface area contributed by atoms with E-state index < -0.39 is 12.1 Å². The van der Waals surface area contributed by atoms with E-state index in [9.17, 15) is 19.2 Å². The molecule has 2 unspecified atom stereocenters. The molecule has 2 N–H and O–H groups in total. The van der Waals surface area contributed by atoms with Gasteiger partial charge in [-0.2, -0.15) is 0 Å². The van der Waals surface area contributed by atoms with Crippen LogP contribution in [-0.2, 0) is 9.59 Å². The van der Waals surface area contributed by atoms with E-state index in [0.717, 1.165) is 46.2 Å². The second-order valence-electron chi connectivity index (χ2n) is 14.1. The molecule has 2 aliphatic rings. The van der Waals surface area contributed by atoms with Gasteiger partial charge in [-0.3, -0.25) is 19.2 Å². The van der Waals surface area contributed by atoms with Gasteiger partial charge in [-0.15, -0.1) is 0 Å². The molecule has 0 saturated carbocycles. The molecule has 5 aromatic rings. The summed E-state index contributed by atoms with van der Waals surface area (Å²) < 4.78 is 6.09. The van der Waals surface area contributed by atoms with Crippen molar-refractivity contribution in [2.45, 2.75) is 65.5 Å². The van der Waals surface area contributed by atoms with Gasteiger partial charge in [0.15, 0.2) is 5.76 Å². The molecule has 4 aromatic carbocycles. The molecule has 270 valence electrons. The molecule has 0 bridgehead atoms. The summed E-state index contributed by atoms with van der Waals surface area (Å²) >= 11 is 0. The van der Waals surface area contributed by atoms with Crippen LogP contribution in [0.5, 0.6) is 0 Å². The maximum Gasteiger partial charge on any atom is 0.254 e. The molecule has 0 radical (unpaired) electrons. The second kappa shape index (κ2) is 14.9. The summed E-state index contributed by atoms with van der Waals surface area (Å²) in [5, 5.41) is 5.96. The molecular formula is C43H43N5O5. The number of aromatic nitrogens is 1. The molecule has 0 aliphatic carbocycles. The van der Waals surface area contributed by atoms with E-state index >= 15 is 0 Å². The first kappa shape index (κ1) is 35.4. The number of hydrogen-bond acceptors (Lipinski definition) is 6. The van der Waals surface area contributed by atoms with Crippen LogP contribution in [-0.4, -0.2) is 63.6 Å². The van der Waals surface area contributed by atoms with Crippen molar-refractivity contribution in [3.8, 4) is 22.8 Å². The Hall–Kier alpha value is -6.03. The van der Waals surface area contributed by atoms with Crippen LogP contribution in [0.1, 0.15) is 68.7 Å². The fourth-order valence-electron chi connectivity index (χ4n) is 7.21. The lowest BCUT2D eigenvalue weighted by atomic mass is 10.0. The average Bonchev–Trinajstić information content (AvgIpc) is 3.96. The first-order chi connectivity index (χ1) is 25.5. The van der Waals surface area contributed by atoms with Crippen LogP contribution in [0.4, 0.5) is 11.4 Å². The molecule has 2 saturated heterocycles. The van der Waals surface area contributed by atoms with Crippen LogP contribution in [0.15, 0.2) is 95.5 Å². The number of likely N-dealkylation sites (tertiary alicyclic amines) is 2. The van der Waals surface area contributed by atoms with E-state index in [1.54, 1.807) is 40.3 Å². The minimum atomic E-state index is -0.536. The van der Waals surface area contributed by atoms with Crippen LogP contribution in [0.25, 0.3) is 22.8 Å². The maximum atomic E-state index is 13.4. The van der Waals surface area contributed by atoms with E-state index in [1.807, 2.05) is 88.4 Å². The van der Waals surface area contributed by atoms with E-state index in [2.05, 4.69) is 15.6 Å². The summed E-state index contributed by atoms with van der Waals surface area (Å²) in [6, 6.07) is 25.1. The lowest BCUT2D eigenvalue weighted by Crippen LogP contribution is -2.43. The number of hydrogen-bond donors (Lipinski definition) is 2. The summed E-state index contributed by atoms with van der Waals surface area (Å²) in [6.45, 7) is 8.83. The third-order valence-electron chi connectivity index (χ3n) is 10.2. The first-order valence-corrected chi connectivity index (χ1v) is 18.1. The standard InChI is InChI=1S/C43H43N5O5/c1-26-9-11-28(3)34(23-26)42(51)47-21-5-7-36(47)39(49)45-32-17-13-30(14-18-32)38-25-44-41(53-38)31-15-19-33(20-16-31)46-40(50)37-8-6-22-48(37)43(52)35-24-27(2)10-12-29(35)4/h9-20,23-25,36-37H,5-8,21-22H2,1-4H3,(H,45,49)(H,46,50). The van der Waals surface area contributed by atoms with Crippen molar-refractivity contribution in [1.29, 1.82) is 0 Å². The van der Waals surface area contributed by atoms with Gasteiger partial charge in [0.25, 0.3) is 11.8 Å². The predicted molar refractivity (Wildman–Crippen MR) is 205 cm³/mol. The molecular weight excluding hydrogens is 667 g/mol. The summed E-state index contributed by atoms with van der Waals surface area (Å²) in [5.41, 5.74) is 7.84. The molecule has 0 spiro atoms. The van der Waals surface area contributed by atoms with Crippen LogP contribution < -0.4 is 10.6 Å². The van der Waals surface area contributed by atoms with Gasteiger partial charge in [-0.05, 0) is 125 Å². The Morgan fingerprint density at radius 2 is 1.08 bits per heavy atom. The van der Waals surface area contributed by atoms with Crippen molar-refractivity contribution in [3.05, 3.63) is 125 Å². The fourth-order valence-corrected chi connectivity index (χ4v) is 7.21. The van der Waals surface area contributed by atoms with Gasteiger partial charge >= 0.3 is 0 Å². The third-order valence-corrected chi connectivity index (χ3v) is 10.2.